The second kappa shape index (κ2) is 6.72. The van der Waals surface area contributed by atoms with Gasteiger partial charge in [0.2, 0.25) is 0 Å². The number of aliphatic hydroxyl groups is 1. The lowest BCUT2D eigenvalue weighted by molar-refractivity contribution is 0.155. The molecule has 100 valence electrons. The molecule has 1 aliphatic heterocycles. The second-order valence-corrected chi connectivity index (χ2v) is 5.86. The zero-order valence-corrected chi connectivity index (χ0v) is 11.1. The van der Waals surface area contributed by atoms with E-state index >= 15 is 0 Å². The van der Waals surface area contributed by atoms with Gasteiger partial charge in [-0.15, -0.1) is 0 Å². The van der Waals surface area contributed by atoms with Crippen molar-refractivity contribution in [2.24, 2.45) is 5.92 Å². The van der Waals surface area contributed by atoms with Gasteiger partial charge in [0.15, 0.2) is 0 Å². The number of rotatable bonds is 4. The Morgan fingerprint density at radius 3 is 2.65 bits per heavy atom. The monoisotopic (exact) mass is 240 g/mol. The Labute approximate surface area is 105 Å². The minimum atomic E-state index is 0.240. The smallest absolute Gasteiger partial charge is 0.0582 e. The van der Waals surface area contributed by atoms with E-state index in [9.17, 15) is 5.11 Å². The van der Waals surface area contributed by atoms with Crippen molar-refractivity contribution in [3.05, 3.63) is 0 Å². The average molecular weight is 240 g/mol. The van der Waals surface area contributed by atoms with Crippen LogP contribution in [0.15, 0.2) is 0 Å². The van der Waals surface area contributed by atoms with Crippen LogP contribution in [0.25, 0.3) is 0 Å². The molecule has 3 heteroatoms. The summed E-state index contributed by atoms with van der Waals surface area (Å²) in [6.07, 6.45) is 9.44. The molecule has 0 spiro atoms. The van der Waals surface area contributed by atoms with Crippen LogP contribution < -0.4 is 10.6 Å². The molecular weight excluding hydrogens is 212 g/mol. The van der Waals surface area contributed by atoms with Crippen molar-refractivity contribution in [2.45, 2.75) is 70.0 Å². The SMILES string of the molecule is C[C@H](CO)NC1CCCCC1C1CCCCN1. The summed E-state index contributed by atoms with van der Waals surface area (Å²) in [7, 11) is 0. The Morgan fingerprint density at radius 1 is 1.18 bits per heavy atom. The highest BCUT2D eigenvalue weighted by atomic mass is 16.3. The Morgan fingerprint density at radius 2 is 1.94 bits per heavy atom. The number of nitrogens with one attached hydrogen (secondary N) is 2. The van der Waals surface area contributed by atoms with Crippen LogP contribution in [0.5, 0.6) is 0 Å². The normalized spacial score (nSPS) is 36.7. The molecule has 0 aromatic heterocycles. The Bertz CT molecular complexity index is 216. The van der Waals surface area contributed by atoms with Crippen molar-refractivity contribution in [1.82, 2.24) is 10.6 Å². The van der Waals surface area contributed by atoms with E-state index in [1.807, 2.05) is 0 Å². The number of aliphatic hydroxyl groups excluding tert-OH is 1. The highest BCUT2D eigenvalue weighted by molar-refractivity contribution is 4.91. The van der Waals surface area contributed by atoms with E-state index in [4.69, 9.17) is 0 Å². The quantitative estimate of drug-likeness (QED) is 0.700. The lowest BCUT2D eigenvalue weighted by Crippen LogP contribution is -2.52. The Balaban J connectivity index is 1.90. The summed E-state index contributed by atoms with van der Waals surface area (Å²) in [5, 5.41) is 16.5. The second-order valence-electron chi connectivity index (χ2n) is 5.86. The van der Waals surface area contributed by atoms with E-state index < -0.39 is 0 Å². The first kappa shape index (κ1) is 13.3. The summed E-state index contributed by atoms with van der Waals surface area (Å²) < 4.78 is 0. The Kier molecular flexibility index (Phi) is 5.26. The zero-order valence-electron chi connectivity index (χ0n) is 11.1. The molecule has 1 saturated carbocycles. The van der Waals surface area contributed by atoms with Crippen molar-refractivity contribution in [3.63, 3.8) is 0 Å². The summed E-state index contributed by atoms with van der Waals surface area (Å²) in [5.41, 5.74) is 0. The predicted octanol–water partition coefficient (Wildman–Crippen LogP) is 1.66. The van der Waals surface area contributed by atoms with E-state index in [-0.39, 0.29) is 12.6 Å². The number of hydrogen-bond acceptors (Lipinski definition) is 3. The van der Waals surface area contributed by atoms with E-state index in [0.29, 0.717) is 12.1 Å². The van der Waals surface area contributed by atoms with Crippen molar-refractivity contribution >= 4 is 0 Å². The first-order chi connectivity index (χ1) is 8.31. The van der Waals surface area contributed by atoms with Crippen LogP contribution in [0, 0.1) is 5.92 Å². The van der Waals surface area contributed by atoms with Gasteiger partial charge in [0.1, 0.15) is 0 Å². The van der Waals surface area contributed by atoms with Crippen LogP contribution in [0.1, 0.15) is 51.9 Å². The molecule has 1 saturated heterocycles. The number of piperidine rings is 1. The molecule has 1 heterocycles. The maximum Gasteiger partial charge on any atom is 0.0582 e. The van der Waals surface area contributed by atoms with Crippen LogP contribution in [0.4, 0.5) is 0 Å². The molecule has 2 rings (SSSR count). The molecule has 0 amide bonds. The molecule has 3 unspecified atom stereocenters. The summed E-state index contributed by atoms with van der Waals surface area (Å²) in [5.74, 6) is 0.776. The van der Waals surface area contributed by atoms with Crippen LogP contribution in [0.2, 0.25) is 0 Å². The lowest BCUT2D eigenvalue weighted by Gasteiger charge is -2.41. The summed E-state index contributed by atoms with van der Waals surface area (Å²) in [6.45, 7) is 3.53. The molecule has 2 fully saturated rings. The van der Waals surface area contributed by atoms with Gasteiger partial charge in [0.05, 0.1) is 6.61 Å². The predicted molar refractivity (Wildman–Crippen MR) is 71.1 cm³/mol. The van der Waals surface area contributed by atoms with Gasteiger partial charge in [-0.05, 0) is 45.1 Å². The molecule has 17 heavy (non-hydrogen) atoms. The lowest BCUT2D eigenvalue weighted by atomic mass is 9.77. The molecule has 0 aromatic rings. The number of hydrogen-bond donors (Lipinski definition) is 3. The summed E-state index contributed by atoms with van der Waals surface area (Å²) in [6, 6.07) is 1.57. The molecule has 3 nitrogen and oxygen atoms in total. The van der Waals surface area contributed by atoms with Crippen LogP contribution in [-0.2, 0) is 0 Å². The van der Waals surface area contributed by atoms with Crippen molar-refractivity contribution < 1.29 is 5.11 Å². The van der Waals surface area contributed by atoms with E-state index in [0.717, 1.165) is 5.92 Å². The standard InChI is InChI=1S/C14H28N2O/c1-11(10-17)16-14-8-3-2-6-12(14)13-7-4-5-9-15-13/h11-17H,2-10H2,1H3/t11-,12?,13?,14?/m1/s1. The third kappa shape index (κ3) is 3.67. The minimum absolute atomic E-state index is 0.240. The van der Waals surface area contributed by atoms with Gasteiger partial charge in [0.25, 0.3) is 0 Å². The van der Waals surface area contributed by atoms with Gasteiger partial charge in [0, 0.05) is 18.1 Å². The van der Waals surface area contributed by atoms with Gasteiger partial charge >= 0.3 is 0 Å². The third-order valence-corrected chi connectivity index (χ3v) is 4.46. The van der Waals surface area contributed by atoms with Crippen molar-refractivity contribution in [2.75, 3.05) is 13.2 Å². The van der Waals surface area contributed by atoms with Crippen LogP contribution >= 0.6 is 0 Å². The average Bonchev–Trinajstić information content (AvgIpc) is 2.40. The first-order valence-electron chi connectivity index (χ1n) is 7.41. The van der Waals surface area contributed by atoms with Crippen LogP contribution in [0.3, 0.4) is 0 Å². The highest BCUT2D eigenvalue weighted by Crippen LogP contribution is 2.30. The fourth-order valence-electron chi connectivity index (χ4n) is 3.51. The molecule has 3 N–H and O–H groups in total. The van der Waals surface area contributed by atoms with Crippen molar-refractivity contribution in [3.8, 4) is 0 Å². The van der Waals surface area contributed by atoms with E-state index in [1.54, 1.807) is 0 Å². The highest BCUT2D eigenvalue weighted by Gasteiger charge is 2.32. The minimum Gasteiger partial charge on any atom is -0.395 e. The van der Waals surface area contributed by atoms with Gasteiger partial charge in [-0.25, -0.2) is 0 Å². The molecule has 0 aromatic carbocycles. The molecule has 2 aliphatic rings. The van der Waals surface area contributed by atoms with Gasteiger partial charge in [-0.3, -0.25) is 0 Å². The maximum atomic E-state index is 9.18. The molecule has 1 aliphatic carbocycles. The Hall–Kier alpha value is -0.120. The zero-order chi connectivity index (χ0) is 12.1. The van der Waals surface area contributed by atoms with E-state index in [2.05, 4.69) is 17.6 Å². The van der Waals surface area contributed by atoms with Gasteiger partial charge < -0.3 is 15.7 Å². The summed E-state index contributed by atoms with van der Waals surface area (Å²) in [4.78, 5) is 0. The van der Waals surface area contributed by atoms with E-state index in [1.165, 1.54) is 51.5 Å². The fraction of sp³-hybridized carbons (Fsp3) is 1.00. The molecule has 0 radical (unpaired) electrons. The summed E-state index contributed by atoms with van der Waals surface area (Å²) >= 11 is 0. The third-order valence-electron chi connectivity index (χ3n) is 4.46. The van der Waals surface area contributed by atoms with Gasteiger partial charge in [-0.1, -0.05) is 19.3 Å². The first-order valence-corrected chi connectivity index (χ1v) is 7.41. The molecule has 4 atom stereocenters. The van der Waals surface area contributed by atoms with Gasteiger partial charge in [-0.2, -0.15) is 0 Å². The fourth-order valence-corrected chi connectivity index (χ4v) is 3.51. The molecule has 0 bridgehead atoms. The maximum absolute atomic E-state index is 9.18. The topological polar surface area (TPSA) is 44.3 Å². The largest absolute Gasteiger partial charge is 0.395 e. The van der Waals surface area contributed by atoms with Crippen LogP contribution in [-0.4, -0.2) is 36.4 Å². The molecular formula is C14H28N2O. The van der Waals surface area contributed by atoms with Crippen molar-refractivity contribution in [1.29, 1.82) is 0 Å².